The number of aromatic nitrogens is 2. The summed E-state index contributed by atoms with van der Waals surface area (Å²) in [6, 6.07) is 1.54. The highest BCUT2D eigenvalue weighted by Gasteiger charge is 2.28. The molecular weight excluding hydrogens is 251 g/mol. The molecule has 3 heteroatoms. The average molecular weight is 282 g/mol. The lowest BCUT2D eigenvalue weighted by Crippen LogP contribution is -2.32. The standard InChI is InChI=1S/C17H31FN2/c1-5-7-9-10-11-13-17(4,12-8-6-2)20-15(3)14-16(18)19-20/h14H,5-13H2,1-4H3. The Morgan fingerprint density at radius 3 is 2.20 bits per heavy atom. The van der Waals surface area contributed by atoms with Gasteiger partial charge in [0.25, 0.3) is 0 Å². The summed E-state index contributed by atoms with van der Waals surface area (Å²) in [5, 5.41) is 4.10. The number of hydrogen-bond donors (Lipinski definition) is 0. The fraction of sp³-hybridized carbons (Fsp3) is 0.824. The van der Waals surface area contributed by atoms with E-state index in [1.807, 2.05) is 11.6 Å². The maximum absolute atomic E-state index is 13.4. The predicted molar refractivity (Wildman–Crippen MR) is 83.5 cm³/mol. The number of aryl methyl sites for hydroxylation is 1. The summed E-state index contributed by atoms with van der Waals surface area (Å²) < 4.78 is 15.3. The second-order valence-electron chi connectivity index (χ2n) is 6.28. The van der Waals surface area contributed by atoms with Gasteiger partial charge >= 0.3 is 0 Å². The van der Waals surface area contributed by atoms with Crippen LogP contribution >= 0.6 is 0 Å². The zero-order valence-electron chi connectivity index (χ0n) is 13.7. The van der Waals surface area contributed by atoms with E-state index in [0.717, 1.165) is 18.5 Å². The zero-order chi connectivity index (χ0) is 15.0. The molecule has 2 nitrogen and oxygen atoms in total. The average Bonchev–Trinajstić information content (AvgIpc) is 2.76. The highest BCUT2D eigenvalue weighted by atomic mass is 19.1. The minimum atomic E-state index is -0.351. The third kappa shape index (κ3) is 4.92. The molecule has 0 N–H and O–H groups in total. The molecule has 1 aromatic rings. The first kappa shape index (κ1) is 17.2. The van der Waals surface area contributed by atoms with Crippen molar-refractivity contribution in [3.8, 4) is 0 Å². The van der Waals surface area contributed by atoms with Crippen molar-refractivity contribution in [1.29, 1.82) is 0 Å². The molecule has 0 amide bonds. The Balaban J connectivity index is 2.68. The van der Waals surface area contributed by atoms with Gasteiger partial charge in [0.05, 0.1) is 5.54 Å². The van der Waals surface area contributed by atoms with Crippen LogP contribution in [-0.2, 0) is 5.54 Å². The van der Waals surface area contributed by atoms with Crippen molar-refractivity contribution < 1.29 is 4.39 Å². The Morgan fingerprint density at radius 1 is 1.05 bits per heavy atom. The largest absolute Gasteiger partial charge is 0.261 e. The molecule has 116 valence electrons. The molecule has 0 aliphatic carbocycles. The van der Waals surface area contributed by atoms with Gasteiger partial charge in [0.15, 0.2) is 0 Å². The number of unbranched alkanes of at least 4 members (excludes halogenated alkanes) is 5. The van der Waals surface area contributed by atoms with Crippen LogP contribution in [0.2, 0.25) is 0 Å². The number of hydrogen-bond acceptors (Lipinski definition) is 1. The van der Waals surface area contributed by atoms with Gasteiger partial charge in [-0.2, -0.15) is 4.39 Å². The van der Waals surface area contributed by atoms with Crippen molar-refractivity contribution in [2.45, 2.75) is 91.0 Å². The Hall–Kier alpha value is -0.860. The topological polar surface area (TPSA) is 17.8 Å². The van der Waals surface area contributed by atoms with E-state index < -0.39 is 0 Å². The van der Waals surface area contributed by atoms with Crippen LogP contribution in [0.3, 0.4) is 0 Å². The first-order valence-corrected chi connectivity index (χ1v) is 8.26. The molecule has 20 heavy (non-hydrogen) atoms. The van der Waals surface area contributed by atoms with Gasteiger partial charge in [0, 0.05) is 11.8 Å². The Bertz CT molecular complexity index is 386. The van der Waals surface area contributed by atoms with Gasteiger partial charge < -0.3 is 0 Å². The lowest BCUT2D eigenvalue weighted by atomic mass is 9.88. The fourth-order valence-electron chi connectivity index (χ4n) is 2.99. The summed E-state index contributed by atoms with van der Waals surface area (Å²) in [4.78, 5) is 0. The van der Waals surface area contributed by atoms with Crippen molar-refractivity contribution in [1.82, 2.24) is 9.78 Å². The van der Waals surface area contributed by atoms with Crippen LogP contribution in [0.15, 0.2) is 6.07 Å². The number of halogens is 1. The third-order valence-electron chi connectivity index (χ3n) is 4.26. The van der Waals surface area contributed by atoms with Gasteiger partial charge in [-0.05, 0) is 26.7 Å². The minimum Gasteiger partial charge on any atom is -0.261 e. The Morgan fingerprint density at radius 2 is 1.65 bits per heavy atom. The maximum Gasteiger partial charge on any atom is 0.232 e. The van der Waals surface area contributed by atoms with Crippen LogP contribution in [0.1, 0.15) is 84.3 Å². The molecular formula is C17H31FN2. The summed E-state index contributed by atoms with van der Waals surface area (Å²) in [6.45, 7) is 8.64. The summed E-state index contributed by atoms with van der Waals surface area (Å²) in [6.07, 6.45) is 10.9. The van der Waals surface area contributed by atoms with Crippen LogP contribution in [0.25, 0.3) is 0 Å². The molecule has 0 spiro atoms. The molecule has 0 saturated carbocycles. The Labute approximate surface area is 123 Å². The number of rotatable bonds is 10. The summed E-state index contributed by atoms with van der Waals surface area (Å²) in [5.41, 5.74) is 0.908. The molecule has 1 rings (SSSR count). The van der Waals surface area contributed by atoms with E-state index in [-0.39, 0.29) is 11.5 Å². The van der Waals surface area contributed by atoms with E-state index >= 15 is 0 Å². The minimum absolute atomic E-state index is 0.0311. The highest BCUT2D eigenvalue weighted by Crippen LogP contribution is 2.30. The fourth-order valence-corrected chi connectivity index (χ4v) is 2.99. The van der Waals surface area contributed by atoms with Crippen LogP contribution in [-0.4, -0.2) is 9.78 Å². The second kappa shape index (κ2) is 8.43. The van der Waals surface area contributed by atoms with Gasteiger partial charge in [0.2, 0.25) is 5.95 Å². The van der Waals surface area contributed by atoms with E-state index in [2.05, 4.69) is 25.9 Å². The van der Waals surface area contributed by atoms with Crippen molar-refractivity contribution in [3.05, 3.63) is 17.7 Å². The lowest BCUT2D eigenvalue weighted by Gasteiger charge is -2.31. The normalized spacial score (nSPS) is 14.4. The molecule has 0 fully saturated rings. The van der Waals surface area contributed by atoms with Gasteiger partial charge in [-0.1, -0.05) is 58.8 Å². The molecule has 0 bridgehead atoms. The van der Waals surface area contributed by atoms with E-state index in [9.17, 15) is 4.39 Å². The van der Waals surface area contributed by atoms with Crippen LogP contribution in [0.4, 0.5) is 4.39 Å². The van der Waals surface area contributed by atoms with Crippen molar-refractivity contribution in [2.24, 2.45) is 0 Å². The monoisotopic (exact) mass is 282 g/mol. The molecule has 1 unspecified atom stereocenters. The first-order chi connectivity index (χ1) is 9.53. The van der Waals surface area contributed by atoms with Crippen molar-refractivity contribution >= 4 is 0 Å². The molecule has 1 atom stereocenters. The quantitative estimate of drug-likeness (QED) is 0.511. The SMILES string of the molecule is CCCCCCCC(C)(CCCC)n1nc(F)cc1C. The molecule has 0 aliphatic heterocycles. The second-order valence-corrected chi connectivity index (χ2v) is 6.28. The van der Waals surface area contributed by atoms with Gasteiger partial charge in [-0.3, -0.25) is 4.68 Å². The maximum atomic E-state index is 13.4. The van der Waals surface area contributed by atoms with Crippen LogP contribution in [0.5, 0.6) is 0 Å². The summed E-state index contributed by atoms with van der Waals surface area (Å²) in [5.74, 6) is -0.351. The molecule has 0 saturated heterocycles. The van der Waals surface area contributed by atoms with E-state index in [0.29, 0.717) is 0 Å². The van der Waals surface area contributed by atoms with Crippen LogP contribution in [0, 0.1) is 12.9 Å². The zero-order valence-corrected chi connectivity index (χ0v) is 13.7. The van der Waals surface area contributed by atoms with Crippen molar-refractivity contribution in [3.63, 3.8) is 0 Å². The van der Waals surface area contributed by atoms with Gasteiger partial charge in [0.1, 0.15) is 0 Å². The van der Waals surface area contributed by atoms with E-state index in [1.165, 1.54) is 44.9 Å². The molecule has 1 aromatic heterocycles. The molecule has 0 aromatic carbocycles. The summed E-state index contributed by atoms with van der Waals surface area (Å²) in [7, 11) is 0. The smallest absolute Gasteiger partial charge is 0.232 e. The molecule has 0 radical (unpaired) electrons. The summed E-state index contributed by atoms with van der Waals surface area (Å²) >= 11 is 0. The van der Waals surface area contributed by atoms with E-state index in [1.54, 1.807) is 6.07 Å². The molecule has 1 heterocycles. The number of nitrogens with zero attached hydrogens (tertiary/aromatic N) is 2. The highest BCUT2D eigenvalue weighted by molar-refractivity contribution is 5.03. The first-order valence-electron chi connectivity index (χ1n) is 8.26. The van der Waals surface area contributed by atoms with Crippen molar-refractivity contribution in [2.75, 3.05) is 0 Å². The lowest BCUT2D eigenvalue weighted by molar-refractivity contribution is 0.220. The third-order valence-corrected chi connectivity index (χ3v) is 4.26. The Kier molecular flexibility index (Phi) is 7.25. The van der Waals surface area contributed by atoms with Gasteiger partial charge in [-0.15, -0.1) is 5.10 Å². The van der Waals surface area contributed by atoms with E-state index in [4.69, 9.17) is 0 Å². The predicted octanol–water partition coefficient (Wildman–Crippen LogP) is 5.60. The van der Waals surface area contributed by atoms with Gasteiger partial charge in [-0.25, -0.2) is 0 Å². The van der Waals surface area contributed by atoms with Crippen LogP contribution < -0.4 is 0 Å². The molecule has 0 aliphatic rings.